The van der Waals surface area contributed by atoms with Gasteiger partial charge in [0.25, 0.3) is 0 Å². The van der Waals surface area contributed by atoms with Gasteiger partial charge in [-0.25, -0.2) is 0 Å². The first kappa shape index (κ1) is 9.97. The Morgan fingerprint density at radius 3 is 2.17 bits per heavy atom. The number of halogens is 1. The third-order valence-electron chi connectivity index (χ3n) is 2.91. The lowest BCUT2D eigenvalue weighted by Gasteiger charge is -2.27. The molecule has 2 heteroatoms. The first-order valence-electron chi connectivity index (χ1n) is 5.12. The molecule has 0 heterocycles. The number of hydrogen-bond donors (Lipinski definition) is 1. The molecule has 12 heavy (non-hydrogen) atoms. The van der Waals surface area contributed by atoms with Gasteiger partial charge in [0.2, 0.25) is 0 Å². The highest BCUT2D eigenvalue weighted by Crippen LogP contribution is 2.28. The second-order valence-corrected chi connectivity index (χ2v) is 4.07. The summed E-state index contributed by atoms with van der Waals surface area (Å²) >= 11 is 0. The first-order valence-corrected chi connectivity index (χ1v) is 5.12. The largest absolute Gasteiger partial charge is 0.325 e. The van der Waals surface area contributed by atoms with Crippen LogP contribution in [0.2, 0.25) is 0 Å². The Morgan fingerprint density at radius 2 is 1.67 bits per heavy atom. The van der Waals surface area contributed by atoms with Crippen molar-refractivity contribution in [1.82, 2.24) is 0 Å². The molecule has 0 amide bonds. The van der Waals surface area contributed by atoms with Gasteiger partial charge in [-0.3, -0.25) is 4.39 Å². The molecule has 0 aromatic rings. The summed E-state index contributed by atoms with van der Waals surface area (Å²) in [4.78, 5) is 0. The number of hydrogen-bond acceptors (Lipinski definition) is 1. The fourth-order valence-corrected chi connectivity index (χ4v) is 2.10. The van der Waals surface area contributed by atoms with Gasteiger partial charge in [0.15, 0.2) is 0 Å². The highest BCUT2D eigenvalue weighted by atomic mass is 19.1. The molecule has 0 saturated heterocycles. The molecule has 1 aliphatic rings. The van der Waals surface area contributed by atoms with Crippen molar-refractivity contribution in [2.45, 2.75) is 56.9 Å². The first-order chi connectivity index (χ1) is 5.77. The second kappa shape index (κ2) is 4.80. The Kier molecular flexibility index (Phi) is 3.99. The van der Waals surface area contributed by atoms with Crippen LogP contribution < -0.4 is 5.73 Å². The third kappa shape index (κ3) is 3.10. The van der Waals surface area contributed by atoms with E-state index in [9.17, 15) is 4.39 Å². The van der Waals surface area contributed by atoms with Crippen LogP contribution in [0.5, 0.6) is 0 Å². The van der Waals surface area contributed by atoms with Crippen LogP contribution in [-0.4, -0.2) is 12.2 Å². The van der Waals surface area contributed by atoms with Crippen LogP contribution in [0.25, 0.3) is 0 Å². The summed E-state index contributed by atoms with van der Waals surface area (Å²) in [6, 6.07) is 0. The zero-order valence-electron chi connectivity index (χ0n) is 7.82. The van der Waals surface area contributed by atoms with Crippen molar-refractivity contribution in [3.8, 4) is 0 Å². The zero-order valence-corrected chi connectivity index (χ0v) is 7.82. The van der Waals surface area contributed by atoms with E-state index in [1.165, 1.54) is 25.7 Å². The maximum absolute atomic E-state index is 12.0. The molecule has 0 aromatic heterocycles. The van der Waals surface area contributed by atoms with Gasteiger partial charge in [0.05, 0.1) is 6.67 Å². The highest BCUT2D eigenvalue weighted by Gasteiger charge is 2.25. The normalized spacial score (nSPS) is 23.5. The summed E-state index contributed by atoms with van der Waals surface area (Å²) in [7, 11) is 0. The van der Waals surface area contributed by atoms with Crippen LogP contribution >= 0.6 is 0 Å². The van der Waals surface area contributed by atoms with Crippen LogP contribution in [0.4, 0.5) is 4.39 Å². The molecule has 0 aromatic carbocycles. The molecule has 0 spiro atoms. The van der Waals surface area contributed by atoms with E-state index in [1.54, 1.807) is 0 Å². The van der Waals surface area contributed by atoms with Gasteiger partial charge < -0.3 is 5.73 Å². The minimum absolute atomic E-state index is 0.0252. The van der Waals surface area contributed by atoms with Crippen molar-refractivity contribution in [2.75, 3.05) is 6.67 Å². The molecule has 2 N–H and O–H groups in total. The lowest BCUT2D eigenvalue weighted by atomic mass is 9.87. The molecular formula is C10H20FN. The maximum Gasteiger partial charge on any atom is 0.0895 e. The Hall–Kier alpha value is -0.110. The lowest BCUT2D eigenvalue weighted by molar-refractivity contribution is 0.316. The van der Waals surface area contributed by atoms with E-state index >= 15 is 0 Å². The summed E-state index contributed by atoms with van der Waals surface area (Å²) in [6.45, 7) is -0.209. The Labute approximate surface area is 74.5 Å². The van der Waals surface area contributed by atoms with Crippen LogP contribution in [0, 0.1) is 0 Å². The second-order valence-electron chi connectivity index (χ2n) is 4.07. The molecule has 1 rings (SSSR count). The van der Waals surface area contributed by atoms with E-state index in [2.05, 4.69) is 0 Å². The third-order valence-corrected chi connectivity index (χ3v) is 2.91. The van der Waals surface area contributed by atoms with Gasteiger partial charge in [-0.1, -0.05) is 25.7 Å². The van der Waals surface area contributed by atoms with E-state index in [4.69, 9.17) is 5.73 Å². The van der Waals surface area contributed by atoms with E-state index < -0.39 is 0 Å². The van der Waals surface area contributed by atoms with Crippen LogP contribution in [0.3, 0.4) is 0 Å². The van der Waals surface area contributed by atoms with Gasteiger partial charge in [0.1, 0.15) is 0 Å². The van der Waals surface area contributed by atoms with Crippen LogP contribution in [-0.2, 0) is 0 Å². The molecule has 0 bridgehead atoms. The van der Waals surface area contributed by atoms with Crippen LogP contribution in [0.1, 0.15) is 51.4 Å². The number of nitrogens with two attached hydrogens (primary N) is 1. The van der Waals surface area contributed by atoms with Gasteiger partial charge in [-0.2, -0.15) is 0 Å². The highest BCUT2D eigenvalue weighted by molar-refractivity contribution is 4.85. The van der Waals surface area contributed by atoms with E-state index in [1.807, 2.05) is 0 Å². The molecule has 1 nitrogen and oxygen atoms in total. The zero-order chi connectivity index (χ0) is 8.86. The van der Waals surface area contributed by atoms with Gasteiger partial charge >= 0.3 is 0 Å². The average Bonchev–Trinajstić information content (AvgIpc) is 2.27. The van der Waals surface area contributed by atoms with Crippen molar-refractivity contribution in [2.24, 2.45) is 5.73 Å². The minimum atomic E-state index is -0.209. The SMILES string of the molecule is NC1(CCCF)CCCCCC1. The Bertz CT molecular complexity index is 117. The summed E-state index contributed by atoms with van der Waals surface area (Å²) in [5.41, 5.74) is 6.15. The van der Waals surface area contributed by atoms with Gasteiger partial charge in [-0.15, -0.1) is 0 Å². The van der Waals surface area contributed by atoms with E-state index in [0.717, 1.165) is 19.3 Å². The van der Waals surface area contributed by atoms with Gasteiger partial charge in [-0.05, 0) is 25.7 Å². The quantitative estimate of drug-likeness (QED) is 0.652. The maximum atomic E-state index is 12.0. The van der Waals surface area contributed by atoms with Crippen LogP contribution in [0.15, 0.2) is 0 Å². The predicted octanol–water partition coefficient (Wildman–Crippen LogP) is 2.79. The van der Waals surface area contributed by atoms with Crippen molar-refractivity contribution in [3.63, 3.8) is 0 Å². The van der Waals surface area contributed by atoms with E-state index in [0.29, 0.717) is 6.42 Å². The fraction of sp³-hybridized carbons (Fsp3) is 1.00. The molecule has 0 unspecified atom stereocenters. The monoisotopic (exact) mass is 173 g/mol. The van der Waals surface area contributed by atoms with Crippen molar-refractivity contribution >= 4 is 0 Å². The van der Waals surface area contributed by atoms with Crippen molar-refractivity contribution in [1.29, 1.82) is 0 Å². The molecule has 0 radical (unpaired) electrons. The molecular weight excluding hydrogens is 153 g/mol. The van der Waals surface area contributed by atoms with Crippen molar-refractivity contribution < 1.29 is 4.39 Å². The lowest BCUT2D eigenvalue weighted by Crippen LogP contribution is -2.39. The Morgan fingerprint density at radius 1 is 1.08 bits per heavy atom. The Balaban J connectivity index is 2.32. The molecule has 1 fully saturated rings. The molecule has 1 saturated carbocycles. The smallest absolute Gasteiger partial charge is 0.0895 e. The number of rotatable bonds is 3. The van der Waals surface area contributed by atoms with Gasteiger partial charge in [0, 0.05) is 5.54 Å². The molecule has 0 atom stereocenters. The topological polar surface area (TPSA) is 26.0 Å². The summed E-state index contributed by atoms with van der Waals surface area (Å²) in [5, 5.41) is 0. The van der Waals surface area contributed by atoms with E-state index in [-0.39, 0.29) is 12.2 Å². The standard InChI is InChI=1S/C10H20FN/c11-9-5-8-10(12)6-3-1-2-4-7-10/h1-9,12H2. The summed E-state index contributed by atoms with van der Waals surface area (Å²) in [5.74, 6) is 0. The molecule has 72 valence electrons. The minimum Gasteiger partial charge on any atom is -0.325 e. The van der Waals surface area contributed by atoms with Crippen molar-refractivity contribution in [3.05, 3.63) is 0 Å². The predicted molar refractivity (Wildman–Crippen MR) is 49.8 cm³/mol. The summed E-state index contributed by atoms with van der Waals surface area (Å²) < 4.78 is 12.0. The summed E-state index contributed by atoms with van der Waals surface area (Å²) in [6.07, 6.45) is 8.84. The number of alkyl halides is 1. The fourth-order valence-electron chi connectivity index (χ4n) is 2.10. The molecule has 0 aliphatic heterocycles. The molecule has 1 aliphatic carbocycles. The average molecular weight is 173 g/mol.